The normalized spacial score (nSPS) is 10.9. The van der Waals surface area contributed by atoms with Crippen molar-refractivity contribution < 1.29 is 31.9 Å². The van der Waals surface area contributed by atoms with Gasteiger partial charge in [-0.1, -0.05) is 6.07 Å². The molecule has 14 heteroatoms. The van der Waals surface area contributed by atoms with Crippen LogP contribution in [0.1, 0.15) is 6.92 Å². The molecule has 0 saturated carbocycles. The van der Waals surface area contributed by atoms with E-state index in [1.165, 1.54) is 55.3 Å². The first-order chi connectivity index (χ1) is 16.5. The second-order valence-electron chi connectivity index (χ2n) is 7.13. The van der Waals surface area contributed by atoms with E-state index in [-0.39, 0.29) is 39.7 Å². The van der Waals surface area contributed by atoms with Crippen molar-refractivity contribution in [1.29, 1.82) is 0 Å². The highest BCUT2D eigenvalue weighted by atomic mass is 32.2. The van der Waals surface area contributed by atoms with Crippen molar-refractivity contribution in [3.63, 3.8) is 0 Å². The Kier molecular flexibility index (Phi) is 7.76. The van der Waals surface area contributed by atoms with Gasteiger partial charge < -0.3 is 14.8 Å². The van der Waals surface area contributed by atoms with E-state index in [1.807, 2.05) is 0 Å². The first kappa shape index (κ1) is 25.7. The standard InChI is InChI=1S/C21H22FN5O6S2/c1-12(28)27(2)18-11-34-21(24-18)25-20(29)23-15-10-13(26-35(4,30)31)8-9-16(15)33-19-14(22)6-5-7-17(19)32-3/h5-11,26H,1-4H3,(H2,23,24,25,29). The zero-order valence-electron chi connectivity index (χ0n) is 19.1. The number of thiazole rings is 1. The molecule has 0 spiro atoms. The third kappa shape index (κ3) is 6.80. The number of carbonyl (C=O) groups is 2. The number of rotatable bonds is 8. The average molecular weight is 524 g/mol. The van der Waals surface area contributed by atoms with Gasteiger partial charge in [-0.15, -0.1) is 11.3 Å². The van der Waals surface area contributed by atoms with Gasteiger partial charge in [-0.2, -0.15) is 0 Å². The lowest BCUT2D eigenvalue weighted by atomic mass is 10.2. The number of nitrogens with zero attached hydrogens (tertiary/aromatic N) is 2. The number of nitrogens with one attached hydrogen (secondary N) is 3. The lowest BCUT2D eigenvalue weighted by Crippen LogP contribution is -2.23. The van der Waals surface area contributed by atoms with E-state index in [9.17, 15) is 22.4 Å². The van der Waals surface area contributed by atoms with Crippen molar-refractivity contribution in [2.75, 3.05) is 40.7 Å². The zero-order chi connectivity index (χ0) is 25.8. The Balaban J connectivity index is 1.89. The van der Waals surface area contributed by atoms with Gasteiger partial charge >= 0.3 is 6.03 Å². The number of benzene rings is 2. The quantitative estimate of drug-likeness (QED) is 0.404. The van der Waals surface area contributed by atoms with Crippen LogP contribution in [-0.4, -0.2) is 45.8 Å². The van der Waals surface area contributed by atoms with Gasteiger partial charge in [0.25, 0.3) is 0 Å². The number of aromatic nitrogens is 1. The van der Waals surface area contributed by atoms with E-state index in [1.54, 1.807) is 12.4 Å². The number of halogens is 1. The first-order valence-electron chi connectivity index (χ1n) is 9.87. The van der Waals surface area contributed by atoms with Crippen molar-refractivity contribution in [3.05, 3.63) is 47.6 Å². The summed E-state index contributed by atoms with van der Waals surface area (Å²) in [5, 5.41) is 6.85. The highest BCUT2D eigenvalue weighted by Gasteiger charge is 2.18. The summed E-state index contributed by atoms with van der Waals surface area (Å²) in [4.78, 5) is 29.6. The van der Waals surface area contributed by atoms with Crippen molar-refractivity contribution in [1.82, 2.24) is 4.98 Å². The molecule has 0 radical (unpaired) electrons. The lowest BCUT2D eigenvalue weighted by molar-refractivity contribution is -0.116. The minimum absolute atomic E-state index is 0.0127. The molecule has 35 heavy (non-hydrogen) atoms. The summed E-state index contributed by atoms with van der Waals surface area (Å²) >= 11 is 1.09. The van der Waals surface area contributed by atoms with Crippen LogP contribution in [0.5, 0.6) is 17.2 Å². The fourth-order valence-electron chi connectivity index (χ4n) is 2.74. The van der Waals surface area contributed by atoms with Crippen LogP contribution in [0.15, 0.2) is 41.8 Å². The topological polar surface area (TPSA) is 139 Å². The van der Waals surface area contributed by atoms with E-state index in [0.29, 0.717) is 5.82 Å². The number of methoxy groups -OCH3 is 1. The van der Waals surface area contributed by atoms with Crippen molar-refractivity contribution in [2.45, 2.75) is 6.92 Å². The van der Waals surface area contributed by atoms with Gasteiger partial charge in [-0.25, -0.2) is 22.6 Å². The van der Waals surface area contributed by atoms with Crippen molar-refractivity contribution in [2.24, 2.45) is 0 Å². The number of anilines is 4. The maximum Gasteiger partial charge on any atom is 0.325 e. The van der Waals surface area contributed by atoms with Gasteiger partial charge in [0.2, 0.25) is 21.7 Å². The van der Waals surface area contributed by atoms with Crippen LogP contribution in [0.2, 0.25) is 0 Å². The molecule has 1 heterocycles. The molecule has 0 aliphatic heterocycles. The van der Waals surface area contributed by atoms with Gasteiger partial charge in [0.1, 0.15) is 5.82 Å². The van der Waals surface area contributed by atoms with Gasteiger partial charge in [0.05, 0.1) is 24.7 Å². The monoisotopic (exact) mass is 523 g/mol. The van der Waals surface area contributed by atoms with Crippen LogP contribution in [0.4, 0.5) is 31.5 Å². The largest absolute Gasteiger partial charge is 0.493 e. The molecule has 0 fully saturated rings. The van der Waals surface area contributed by atoms with Crippen LogP contribution in [0.3, 0.4) is 0 Å². The second-order valence-corrected chi connectivity index (χ2v) is 9.73. The number of carbonyl (C=O) groups excluding carboxylic acids is 2. The summed E-state index contributed by atoms with van der Waals surface area (Å²) in [6, 6.07) is 7.43. The molecule has 2 aromatic carbocycles. The van der Waals surface area contributed by atoms with E-state index in [0.717, 1.165) is 17.6 Å². The average Bonchev–Trinajstić information content (AvgIpc) is 3.23. The number of hydrogen-bond donors (Lipinski definition) is 3. The number of ether oxygens (including phenoxy) is 2. The van der Waals surface area contributed by atoms with Crippen LogP contribution >= 0.6 is 11.3 Å². The maximum absolute atomic E-state index is 14.4. The Morgan fingerprint density at radius 3 is 2.54 bits per heavy atom. The highest BCUT2D eigenvalue weighted by Crippen LogP contribution is 2.38. The summed E-state index contributed by atoms with van der Waals surface area (Å²) in [6.45, 7) is 1.38. The van der Waals surface area contributed by atoms with Crippen molar-refractivity contribution in [3.8, 4) is 17.2 Å². The number of sulfonamides is 1. The Labute approximate surface area is 204 Å². The first-order valence-corrected chi connectivity index (χ1v) is 12.6. The van der Waals surface area contributed by atoms with Crippen molar-refractivity contribution >= 4 is 55.6 Å². The van der Waals surface area contributed by atoms with E-state index in [4.69, 9.17) is 9.47 Å². The van der Waals surface area contributed by atoms with Gasteiger partial charge in [0, 0.05) is 19.4 Å². The zero-order valence-corrected chi connectivity index (χ0v) is 20.7. The smallest absolute Gasteiger partial charge is 0.325 e. The Morgan fingerprint density at radius 2 is 1.89 bits per heavy atom. The molecule has 0 saturated heterocycles. The number of para-hydroxylation sites is 1. The summed E-state index contributed by atoms with van der Waals surface area (Å²) < 4.78 is 50.8. The molecule has 3 aromatic rings. The predicted octanol–water partition coefficient (Wildman–Crippen LogP) is 4.08. The Morgan fingerprint density at radius 1 is 1.14 bits per heavy atom. The molecule has 3 N–H and O–H groups in total. The molecule has 0 unspecified atom stereocenters. The molecule has 3 rings (SSSR count). The van der Waals surface area contributed by atoms with Gasteiger partial charge in [0.15, 0.2) is 22.4 Å². The van der Waals surface area contributed by atoms with Crippen LogP contribution in [0, 0.1) is 5.82 Å². The van der Waals surface area contributed by atoms with E-state index < -0.39 is 21.9 Å². The molecule has 1 aromatic heterocycles. The number of amides is 3. The van der Waals surface area contributed by atoms with E-state index >= 15 is 0 Å². The molecule has 0 bridgehead atoms. The minimum Gasteiger partial charge on any atom is -0.493 e. The Hall–Kier alpha value is -3.91. The predicted molar refractivity (Wildman–Crippen MR) is 132 cm³/mol. The SMILES string of the molecule is COc1cccc(F)c1Oc1ccc(NS(C)(=O)=O)cc1NC(=O)Nc1nc(N(C)C(C)=O)cs1. The molecule has 186 valence electrons. The number of urea groups is 1. The maximum atomic E-state index is 14.4. The lowest BCUT2D eigenvalue weighted by Gasteiger charge is -2.16. The molecule has 3 amide bonds. The fourth-order valence-corrected chi connectivity index (χ4v) is 4.02. The third-order valence-corrected chi connectivity index (χ3v) is 5.77. The summed E-state index contributed by atoms with van der Waals surface area (Å²) in [6.07, 6.45) is 0.972. The minimum atomic E-state index is -3.61. The van der Waals surface area contributed by atoms with Gasteiger partial charge in [-0.3, -0.25) is 19.7 Å². The van der Waals surface area contributed by atoms with Crippen LogP contribution in [-0.2, 0) is 14.8 Å². The molecule has 0 atom stereocenters. The molecule has 0 aliphatic carbocycles. The summed E-state index contributed by atoms with van der Waals surface area (Å²) in [5.41, 5.74) is 0.161. The summed E-state index contributed by atoms with van der Waals surface area (Å²) in [5.74, 6) is -0.677. The molecular formula is C21H22FN5O6S2. The molecule has 11 nitrogen and oxygen atoms in total. The Bertz CT molecular complexity index is 1360. The molecular weight excluding hydrogens is 501 g/mol. The van der Waals surface area contributed by atoms with Gasteiger partial charge in [-0.05, 0) is 30.3 Å². The van der Waals surface area contributed by atoms with Crippen LogP contribution in [0.25, 0.3) is 0 Å². The highest BCUT2D eigenvalue weighted by molar-refractivity contribution is 7.92. The summed E-state index contributed by atoms with van der Waals surface area (Å²) in [7, 11) is -0.722. The molecule has 0 aliphatic rings. The second kappa shape index (κ2) is 10.6. The number of hydrogen-bond acceptors (Lipinski definition) is 8. The van der Waals surface area contributed by atoms with E-state index in [2.05, 4.69) is 20.3 Å². The fraction of sp³-hybridized carbons (Fsp3) is 0.190. The third-order valence-electron chi connectivity index (χ3n) is 4.42. The van der Waals surface area contributed by atoms with Crippen LogP contribution < -0.4 is 29.7 Å².